The minimum atomic E-state index is 0.591. The fourth-order valence-corrected chi connectivity index (χ4v) is 3.22. The quantitative estimate of drug-likeness (QED) is 0.630. The van der Waals surface area contributed by atoms with Crippen molar-refractivity contribution in [2.24, 2.45) is 0 Å². The third-order valence-corrected chi connectivity index (χ3v) is 4.58. The monoisotopic (exact) mass is 314 g/mol. The maximum atomic E-state index is 11.0. The molecule has 118 valence electrons. The fourth-order valence-electron chi connectivity index (χ4n) is 3.22. The van der Waals surface area contributed by atoms with Gasteiger partial charge in [-0.2, -0.15) is 0 Å². The van der Waals surface area contributed by atoms with Crippen LogP contribution in [0.3, 0.4) is 0 Å². The van der Waals surface area contributed by atoms with E-state index >= 15 is 0 Å². The molecule has 0 aromatic heterocycles. The highest BCUT2D eigenvalue weighted by Crippen LogP contribution is 2.39. The molecule has 1 aliphatic rings. The molecule has 0 atom stereocenters. The zero-order valence-electron chi connectivity index (χ0n) is 13.4. The summed E-state index contributed by atoms with van der Waals surface area (Å²) >= 11 is 0. The molecule has 0 amide bonds. The summed E-state index contributed by atoms with van der Waals surface area (Å²) in [4.78, 5) is 11.0. The van der Waals surface area contributed by atoms with Crippen LogP contribution in [0.1, 0.15) is 27.0 Å². The highest BCUT2D eigenvalue weighted by Gasteiger charge is 2.22. The standard InChI is InChI=1S/C22H18O2/c23-14-17-7-4-8-18(13-17)19-11-12-22(21-10-9-20(19)21)24-15-16-5-2-1-3-6-16/h1-8,11-14H,9-10,15H2. The predicted octanol–water partition coefficient (Wildman–Crippen LogP) is 4.84. The van der Waals surface area contributed by atoms with Gasteiger partial charge in [-0.05, 0) is 52.8 Å². The Morgan fingerprint density at radius 1 is 0.875 bits per heavy atom. The lowest BCUT2D eigenvalue weighted by atomic mass is 9.81. The zero-order chi connectivity index (χ0) is 16.4. The number of carbonyl (C=O) groups excluding carboxylic acids is 1. The van der Waals surface area contributed by atoms with Crippen molar-refractivity contribution < 1.29 is 9.53 Å². The van der Waals surface area contributed by atoms with Gasteiger partial charge < -0.3 is 4.74 Å². The van der Waals surface area contributed by atoms with Gasteiger partial charge in [-0.3, -0.25) is 4.79 Å². The molecule has 1 aliphatic carbocycles. The molecule has 0 bridgehead atoms. The van der Waals surface area contributed by atoms with Crippen molar-refractivity contribution in [3.05, 3.63) is 89.0 Å². The van der Waals surface area contributed by atoms with Gasteiger partial charge in [-0.25, -0.2) is 0 Å². The van der Waals surface area contributed by atoms with E-state index in [2.05, 4.69) is 30.3 Å². The number of hydrogen-bond donors (Lipinski definition) is 0. The first-order chi connectivity index (χ1) is 11.8. The van der Waals surface area contributed by atoms with Crippen LogP contribution < -0.4 is 4.74 Å². The molecule has 0 heterocycles. The molecule has 0 fully saturated rings. The maximum Gasteiger partial charge on any atom is 0.150 e. The first kappa shape index (κ1) is 14.7. The molecule has 2 nitrogen and oxygen atoms in total. The van der Waals surface area contributed by atoms with E-state index in [9.17, 15) is 4.79 Å². The van der Waals surface area contributed by atoms with Crippen molar-refractivity contribution >= 4 is 6.29 Å². The van der Waals surface area contributed by atoms with Crippen LogP contribution in [0.2, 0.25) is 0 Å². The molecule has 0 spiro atoms. The SMILES string of the molecule is O=Cc1cccc(-c2ccc(OCc3ccccc3)c3c2CC3)c1. The Morgan fingerprint density at radius 3 is 2.46 bits per heavy atom. The summed E-state index contributed by atoms with van der Waals surface area (Å²) in [6.07, 6.45) is 3.02. The van der Waals surface area contributed by atoms with E-state index in [0.29, 0.717) is 12.2 Å². The van der Waals surface area contributed by atoms with Crippen molar-refractivity contribution in [3.63, 3.8) is 0 Å². The summed E-state index contributed by atoms with van der Waals surface area (Å²) < 4.78 is 6.03. The molecular formula is C22H18O2. The molecule has 3 aromatic carbocycles. The largest absolute Gasteiger partial charge is 0.489 e. The van der Waals surface area contributed by atoms with Gasteiger partial charge in [-0.15, -0.1) is 0 Å². The van der Waals surface area contributed by atoms with Gasteiger partial charge in [0.05, 0.1) is 0 Å². The molecule has 0 radical (unpaired) electrons. The van der Waals surface area contributed by atoms with Crippen LogP contribution in [0.15, 0.2) is 66.7 Å². The lowest BCUT2D eigenvalue weighted by Crippen LogP contribution is -2.13. The van der Waals surface area contributed by atoms with Gasteiger partial charge in [0.25, 0.3) is 0 Å². The summed E-state index contributed by atoms with van der Waals surface area (Å²) in [5.74, 6) is 0.982. The van der Waals surface area contributed by atoms with E-state index in [0.717, 1.165) is 30.4 Å². The van der Waals surface area contributed by atoms with Gasteiger partial charge in [0, 0.05) is 5.56 Å². The molecule has 0 N–H and O–H groups in total. The third-order valence-electron chi connectivity index (χ3n) is 4.58. The van der Waals surface area contributed by atoms with Crippen LogP contribution in [0, 0.1) is 0 Å². The average Bonchev–Trinajstić information content (AvgIpc) is 2.61. The van der Waals surface area contributed by atoms with Crippen molar-refractivity contribution in [1.82, 2.24) is 0 Å². The Balaban J connectivity index is 1.61. The molecule has 2 heteroatoms. The van der Waals surface area contributed by atoms with Gasteiger partial charge in [0.2, 0.25) is 0 Å². The average molecular weight is 314 g/mol. The number of rotatable bonds is 5. The highest BCUT2D eigenvalue weighted by molar-refractivity contribution is 5.80. The molecule has 4 rings (SSSR count). The van der Waals surface area contributed by atoms with E-state index < -0.39 is 0 Å². The smallest absolute Gasteiger partial charge is 0.150 e. The summed E-state index contributed by atoms with van der Waals surface area (Å²) in [6, 6.07) is 22.2. The predicted molar refractivity (Wildman–Crippen MR) is 95.4 cm³/mol. The first-order valence-electron chi connectivity index (χ1n) is 8.22. The minimum absolute atomic E-state index is 0.591. The molecular weight excluding hydrogens is 296 g/mol. The second kappa shape index (κ2) is 6.32. The highest BCUT2D eigenvalue weighted by atomic mass is 16.5. The maximum absolute atomic E-state index is 11.0. The summed E-state index contributed by atoms with van der Waals surface area (Å²) in [5, 5.41) is 0. The van der Waals surface area contributed by atoms with E-state index in [1.807, 2.05) is 36.4 Å². The second-order valence-corrected chi connectivity index (χ2v) is 6.09. The number of hydrogen-bond acceptors (Lipinski definition) is 2. The topological polar surface area (TPSA) is 26.3 Å². The molecule has 24 heavy (non-hydrogen) atoms. The van der Waals surface area contributed by atoms with Crippen LogP contribution in [-0.2, 0) is 19.4 Å². The Bertz CT molecular complexity index is 882. The van der Waals surface area contributed by atoms with E-state index in [1.54, 1.807) is 0 Å². The number of benzene rings is 3. The Morgan fingerprint density at radius 2 is 1.71 bits per heavy atom. The normalized spacial score (nSPS) is 12.2. The molecule has 0 saturated carbocycles. The van der Waals surface area contributed by atoms with Crippen molar-refractivity contribution in [2.45, 2.75) is 19.4 Å². The van der Waals surface area contributed by atoms with Gasteiger partial charge >= 0.3 is 0 Å². The second-order valence-electron chi connectivity index (χ2n) is 6.09. The Hall–Kier alpha value is -2.87. The fraction of sp³-hybridized carbons (Fsp3) is 0.136. The summed E-state index contributed by atoms with van der Waals surface area (Å²) in [7, 11) is 0. The van der Waals surface area contributed by atoms with Crippen LogP contribution >= 0.6 is 0 Å². The number of carbonyl (C=O) groups is 1. The van der Waals surface area contributed by atoms with Crippen LogP contribution in [0.4, 0.5) is 0 Å². The van der Waals surface area contributed by atoms with Gasteiger partial charge in [0.15, 0.2) is 0 Å². The van der Waals surface area contributed by atoms with E-state index in [-0.39, 0.29) is 0 Å². The summed E-state index contributed by atoms with van der Waals surface area (Å²) in [5.41, 5.74) is 6.86. The van der Waals surface area contributed by atoms with Crippen molar-refractivity contribution in [3.8, 4) is 16.9 Å². The molecule has 3 aromatic rings. The van der Waals surface area contributed by atoms with Crippen LogP contribution in [0.25, 0.3) is 11.1 Å². The summed E-state index contributed by atoms with van der Waals surface area (Å²) in [6.45, 7) is 0.591. The first-order valence-corrected chi connectivity index (χ1v) is 8.22. The Labute approximate surface area is 141 Å². The molecule has 0 saturated heterocycles. The molecule has 0 unspecified atom stereocenters. The lowest BCUT2D eigenvalue weighted by molar-refractivity contribution is 0.112. The van der Waals surface area contributed by atoms with E-state index in [1.165, 1.54) is 22.3 Å². The third kappa shape index (κ3) is 2.71. The minimum Gasteiger partial charge on any atom is -0.489 e. The van der Waals surface area contributed by atoms with Gasteiger partial charge in [0.1, 0.15) is 18.6 Å². The van der Waals surface area contributed by atoms with Gasteiger partial charge in [-0.1, -0.05) is 54.6 Å². The number of ether oxygens (including phenoxy) is 1. The van der Waals surface area contributed by atoms with E-state index in [4.69, 9.17) is 4.74 Å². The lowest BCUT2D eigenvalue weighted by Gasteiger charge is -2.26. The number of fused-ring (bicyclic) bond motifs is 1. The van der Waals surface area contributed by atoms with Crippen molar-refractivity contribution in [2.75, 3.05) is 0 Å². The van der Waals surface area contributed by atoms with Crippen LogP contribution in [0.5, 0.6) is 5.75 Å². The zero-order valence-corrected chi connectivity index (χ0v) is 13.4. The Kier molecular flexibility index (Phi) is 3.87. The van der Waals surface area contributed by atoms with Crippen molar-refractivity contribution in [1.29, 1.82) is 0 Å². The molecule has 0 aliphatic heterocycles. The van der Waals surface area contributed by atoms with Crippen LogP contribution in [-0.4, -0.2) is 6.29 Å². The number of aldehydes is 1.